The first-order valence-electron chi connectivity index (χ1n) is 4.97. The molecule has 0 unspecified atom stereocenters. The van der Waals surface area contributed by atoms with Gasteiger partial charge in [-0.25, -0.2) is 0 Å². The number of hydrogen-bond acceptors (Lipinski definition) is 3. The van der Waals surface area contributed by atoms with E-state index in [4.69, 9.17) is 23.2 Å². The van der Waals surface area contributed by atoms with Crippen LogP contribution in [0, 0.1) is 0 Å². The summed E-state index contributed by atoms with van der Waals surface area (Å²) < 4.78 is 0. The predicted molar refractivity (Wildman–Crippen MR) is 66.4 cm³/mol. The number of carbonyl (C=O) groups is 1. The van der Waals surface area contributed by atoms with Crippen LogP contribution in [0.4, 0.5) is 5.69 Å². The zero-order chi connectivity index (χ0) is 11.5. The molecule has 3 nitrogen and oxygen atoms in total. The molecule has 0 heterocycles. The number of anilines is 1. The molecule has 0 atom stereocenters. The van der Waals surface area contributed by atoms with E-state index in [1.807, 2.05) is 0 Å². The third kappa shape index (κ3) is 2.54. The van der Waals surface area contributed by atoms with Gasteiger partial charge in [0.1, 0.15) is 5.71 Å². The average molecular weight is 257 g/mol. The largest absolute Gasteiger partial charge is 0.293 e. The van der Waals surface area contributed by atoms with Crippen molar-refractivity contribution < 1.29 is 4.79 Å². The molecule has 84 valence electrons. The number of Topliss-reactive ketones (excluding diaryl/α,β-unsaturated/α-hetero) is 1. The molecule has 0 aliphatic heterocycles. The van der Waals surface area contributed by atoms with Crippen LogP contribution >= 0.6 is 23.2 Å². The number of halogens is 2. The summed E-state index contributed by atoms with van der Waals surface area (Å²) in [7, 11) is 0. The lowest BCUT2D eigenvalue weighted by Crippen LogP contribution is -2.07. The van der Waals surface area contributed by atoms with Crippen LogP contribution in [-0.2, 0) is 4.79 Å². The van der Waals surface area contributed by atoms with Gasteiger partial charge in [0.25, 0.3) is 0 Å². The molecule has 0 aromatic heterocycles. The third-order valence-corrected chi connectivity index (χ3v) is 3.12. The maximum absolute atomic E-state index is 11.3. The van der Waals surface area contributed by atoms with Crippen molar-refractivity contribution in [2.75, 3.05) is 5.43 Å². The molecule has 16 heavy (non-hydrogen) atoms. The van der Waals surface area contributed by atoms with E-state index in [-0.39, 0.29) is 5.78 Å². The van der Waals surface area contributed by atoms with Crippen LogP contribution in [0.2, 0.25) is 10.0 Å². The lowest BCUT2D eigenvalue weighted by atomic mass is 10.3. The summed E-state index contributed by atoms with van der Waals surface area (Å²) in [5, 5.41) is 5.02. The summed E-state index contributed by atoms with van der Waals surface area (Å²) >= 11 is 11.6. The van der Waals surface area contributed by atoms with Gasteiger partial charge in [0.15, 0.2) is 5.78 Å². The summed E-state index contributed by atoms with van der Waals surface area (Å²) in [5.74, 6) is 0.118. The van der Waals surface area contributed by atoms with E-state index in [0.717, 1.165) is 18.5 Å². The Kier molecular flexibility index (Phi) is 3.46. The molecule has 1 saturated carbocycles. The topological polar surface area (TPSA) is 41.5 Å². The highest BCUT2D eigenvalue weighted by molar-refractivity contribution is 6.42. The Morgan fingerprint density at radius 1 is 1.19 bits per heavy atom. The monoisotopic (exact) mass is 256 g/mol. The Morgan fingerprint density at radius 2 is 2.00 bits per heavy atom. The number of hydrogen-bond donors (Lipinski definition) is 1. The second-order valence-corrected chi connectivity index (χ2v) is 4.39. The van der Waals surface area contributed by atoms with Gasteiger partial charge >= 0.3 is 0 Å². The highest BCUT2D eigenvalue weighted by Gasteiger charge is 2.18. The number of hydrazone groups is 1. The Labute approximate surface area is 103 Å². The Morgan fingerprint density at radius 3 is 2.62 bits per heavy atom. The van der Waals surface area contributed by atoms with Crippen LogP contribution in [-0.4, -0.2) is 11.5 Å². The first kappa shape index (κ1) is 11.4. The summed E-state index contributed by atoms with van der Waals surface area (Å²) in [6.45, 7) is 0. The van der Waals surface area contributed by atoms with Gasteiger partial charge in [0, 0.05) is 6.42 Å². The lowest BCUT2D eigenvalue weighted by Gasteiger charge is -2.02. The van der Waals surface area contributed by atoms with Crippen molar-refractivity contribution in [1.29, 1.82) is 0 Å². The van der Waals surface area contributed by atoms with E-state index in [0.29, 0.717) is 22.2 Å². The van der Waals surface area contributed by atoms with Gasteiger partial charge in [-0.1, -0.05) is 23.2 Å². The number of ketones is 1. The molecule has 5 heteroatoms. The molecule has 0 amide bonds. The minimum Gasteiger partial charge on any atom is -0.293 e. The number of rotatable bonds is 2. The van der Waals surface area contributed by atoms with Gasteiger partial charge in [0.2, 0.25) is 0 Å². The van der Waals surface area contributed by atoms with Crippen LogP contribution < -0.4 is 5.43 Å². The second-order valence-electron chi connectivity index (χ2n) is 3.58. The van der Waals surface area contributed by atoms with E-state index in [1.165, 1.54) is 0 Å². The number of nitrogens with one attached hydrogen (secondary N) is 1. The van der Waals surface area contributed by atoms with E-state index in [9.17, 15) is 4.79 Å². The smallest absolute Gasteiger partial charge is 0.178 e. The van der Waals surface area contributed by atoms with Crippen molar-refractivity contribution in [3.8, 4) is 0 Å². The molecule has 0 spiro atoms. The third-order valence-electron chi connectivity index (χ3n) is 2.38. The van der Waals surface area contributed by atoms with Crippen molar-refractivity contribution in [3.63, 3.8) is 0 Å². The molecule has 1 aliphatic rings. The highest BCUT2D eigenvalue weighted by atomic mass is 35.5. The van der Waals surface area contributed by atoms with E-state index in [1.54, 1.807) is 18.2 Å². The van der Waals surface area contributed by atoms with Crippen molar-refractivity contribution >= 4 is 40.4 Å². The maximum Gasteiger partial charge on any atom is 0.178 e. The quantitative estimate of drug-likeness (QED) is 0.823. The molecule has 1 aromatic rings. The zero-order valence-electron chi connectivity index (χ0n) is 8.46. The van der Waals surface area contributed by atoms with Crippen molar-refractivity contribution in [3.05, 3.63) is 28.2 Å². The van der Waals surface area contributed by atoms with Gasteiger partial charge in [-0.2, -0.15) is 5.10 Å². The molecule has 0 radical (unpaired) electrons. The van der Waals surface area contributed by atoms with Gasteiger partial charge in [0.05, 0.1) is 15.7 Å². The normalized spacial score (nSPS) is 18.1. The van der Waals surface area contributed by atoms with Crippen LogP contribution in [0.3, 0.4) is 0 Å². The fourth-order valence-corrected chi connectivity index (χ4v) is 1.81. The molecular weight excluding hydrogens is 247 g/mol. The summed E-state index contributed by atoms with van der Waals surface area (Å²) in [4.78, 5) is 11.3. The number of benzene rings is 1. The summed E-state index contributed by atoms with van der Waals surface area (Å²) in [6.07, 6.45) is 2.23. The standard InChI is InChI=1S/C11H10Cl2N2O/c12-8-5-4-7(6-9(8)13)14-15-10-2-1-3-11(10)16/h4-6,14H,1-3H2/b15-10+. The maximum atomic E-state index is 11.3. The van der Waals surface area contributed by atoms with Crippen LogP contribution in [0.1, 0.15) is 19.3 Å². The Bertz CT molecular complexity index is 457. The molecule has 1 N–H and O–H groups in total. The van der Waals surface area contributed by atoms with Crippen LogP contribution in [0.15, 0.2) is 23.3 Å². The molecule has 1 fully saturated rings. The fourth-order valence-electron chi connectivity index (χ4n) is 1.52. The first-order chi connectivity index (χ1) is 7.66. The fraction of sp³-hybridized carbons (Fsp3) is 0.273. The minimum absolute atomic E-state index is 0.118. The molecule has 0 saturated heterocycles. The summed E-state index contributed by atoms with van der Waals surface area (Å²) in [6, 6.07) is 5.12. The van der Waals surface area contributed by atoms with Crippen molar-refractivity contribution in [2.24, 2.45) is 5.10 Å². The Hall–Kier alpha value is -1.06. The van der Waals surface area contributed by atoms with E-state index < -0.39 is 0 Å². The van der Waals surface area contributed by atoms with E-state index >= 15 is 0 Å². The SMILES string of the molecule is O=C1CCC/C1=N\Nc1ccc(Cl)c(Cl)c1. The molecular formula is C11H10Cl2N2O. The Balaban J connectivity index is 2.09. The highest BCUT2D eigenvalue weighted by Crippen LogP contribution is 2.25. The van der Waals surface area contributed by atoms with Crippen molar-refractivity contribution in [1.82, 2.24) is 0 Å². The molecule has 1 aliphatic carbocycles. The van der Waals surface area contributed by atoms with Crippen LogP contribution in [0.5, 0.6) is 0 Å². The van der Waals surface area contributed by atoms with Gasteiger partial charge < -0.3 is 0 Å². The second kappa shape index (κ2) is 4.85. The molecule has 2 rings (SSSR count). The number of carbonyl (C=O) groups excluding carboxylic acids is 1. The van der Waals surface area contributed by atoms with E-state index in [2.05, 4.69) is 10.5 Å². The predicted octanol–water partition coefficient (Wildman–Crippen LogP) is 3.51. The zero-order valence-corrected chi connectivity index (χ0v) is 9.98. The van der Waals surface area contributed by atoms with Crippen molar-refractivity contribution in [2.45, 2.75) is 19.3 Å². The summed E-state index contributed by atoms with van der Waals surface area (Å²) in [5.41, 5.74) is 4.14. The minimum atomic E-state index is 0.118. The average Bonchev–Trinajstić information content (AvgIpc) is 2.66. The molecule has 0 bridgehead atoms. The van der Waals surface area contributed by atoms with Gasteiger partial charge in [-0.15, -0.1) is 0 Å². The number of nitrogens with zero attached hydrogens (tertiary/aromatic N) is 1. The molecule has 1 aromatic carbocycles. The first-order valence-corrected chi connectivity index (χ1v) is 5.73. The lowest BCUT2D eigenvalue weighted by molar-refractivity contribution is -0.112. The van der Waals surface area contributed by atoms with Gasteiger partial charge in [-0.05, 0) is 31.0 Å². The van der Waals surface area contributed by atoms with Crippen LogP contribution in [0.25, 0.3) is 0 Å². The van der Waals surface area contributed by atoms with Gasteiger partial charge in [-0.3, -0.25) is 10.2 Å².